The Morgan fingerprint density at radius 1 is 1.25 bits per heavy atom. The summed E-state index contributed by atoms with van der Waals surface area (Å²) in [6, 6.07) is 9.54. The number of methoxy groups -OCH3 is 1. The minimum absolute atomic E-state index is 0.0191. The van der Waals surface area contributed by atoms with E-state index in [-0.39, 0.29) is 11.8 Å². The Kier molecular flexibility index (Phi) is 6.46. The first-order valence-corrected chi connectivity index (χ1v) is 9.64. The first-order valence-electron chi connectivity index (χ1n) is 9.64. The summed E-state index contributed by atoms with van der Waals surface area (Å²) >= 11 is 0. The third kappa shape index (κ3) is 4.98. The molecule has 28 heavy (non-hydrogen) atoms. The maximum Gasteiger partial charge on any atom is 0.227 e. The lowest BCUT2D eigenvalue weighted by molar-refractivity contribution is -0.121. The maximum atomic E-state index is 12.7. The number of carbonyl (C=O) groups is 1. The molecule has 1 aliphatic heterocycles. The highest BCUT2D eigenvalue weighted by Crippen LogP contribution is 2.26. The van der Waals surface area contributed by atoms with Crippen molar-refractivity contribution in [1.29, 1.82) is 0 Å². The molecule has 1 amide bonds. The molecule has 0 spiro atoms. The number of benzene rings is 1. The van der Waals surface area contributed by atoms with Gasteiger partial charge in [-0.25, -0.2) is 9.97 Å². The van der Waals surface area contributed by atoms with Crippen LogP contribution in [-0.4, -0.2) is 55.1 Å². The Bertz CT molecular complexity index is 816. The molecule has 1 fully saturated rings. The van der Waals surface area contributed by atoms with E-state index in [0.29, 0.717) is 5.75 Å². The fourth-order valence-corrected chi connectivity index (χ4v) is 3.46. The number of amides is 1. The number of piperidine rings is 1. The molecule has 1 aliphatic rings. The molecule has 1 N–H and O–H groups in total. The zero-order valence-electron chi connectivity index (χ0n) is 17.1. The van der Waals surface area contributed by atoms with Gasteiger partial charge in [0, 0.05) is 32.3 Å². The van der Waals surface area contributed by atoms with Crippen molar-refractivity contribution >= 4 is 17.5 Å². The first-order chi connectivity index (χ1) is 13.5. The molecule has 0 saturated carbocycles. The molecule has 0 atom stereocenters. The van der Waals surface area contributed by atoms with Gasteiger partial charge in [-0.15, -0.1) is 0 Å². The van der Waals surface area contributed by atoms with Gasteiger partial charge in [-0.05, 0) is 51.1 Å². The van der Waals surface area contributed by atoms with Crippen LogP contribution in [0.25, 0.3) is 0 Å². The second-order valence-corrected chi connectivity index (χ2v) is 7.44. The molecule has 150 valence electrons. The fraction of sp³-hybridized carbons (Fsp3) is 0.476. The van der Waals surface area contributed by atoms with Crippen molar-refractivity contribution < 1.29 is 9.53 Å². The van der Waals surface area contributed by atoms with E-state index in [4.69, 9.17) is 4.74 Å². The van der Waals surface area contributed by atoms with Crippen LogP contribution in [-0.2, 0) is 11.3 Å². The van der Waals surface area contributed by atoms with Crippen LogP contribution < -0.4 is 15.0 Å². The monoisotopic (exact) mass is 383 g/mol. The van der Waals surface area contributed by atoms with Crippen molar-refractivity contribution in [2.24, 2.45) is 5.92 Å². The van der Waals surface area contributed by atoms with Gasteiger partial charge in [0.2, 0.25) is 11.9 Å². The summed E-state index contributed by atoms with van der Waals surface area (Å²) in [6.07, 6.45) is 1.68. The fourth-order valence-electron chi connectivity index (χ4n) is 3.46. The van der Waals surface area contributed by atoms with Crippen molar-refractivity contribution in [3.05, 3.63) is 41.7 Å². The Morgan fingerprint density at radius 3 is 2.64 bits per heavy atom. The maximum absolute atomic E-state index is 12.7. The average Bonchev–Trinajstić information content (AvgIpc) is 2.68. The summed E-state index contributed by atoms with van der Waals surface area (Å²) in [7, 11) is 5.51. The molecule has 0 unspecified atom stereocenters. The van der Waals surface area contributed by atoms with Crippen LogP contribution in [0, 0.1) is 12.8 Å². The highest BCUT2D eigenvalue weighted by molar-refractivity contribution is 5.94. The standard InChI is InChI=1S/C21H29N5O2/c1-15-13-17(23-21(22-15)25(2)3)14-26-11-9-16(10-12-26)20(27)24-18-7-5-6-8-19(18)28-4/h5-8,13,16H,9-12,14H2,1-4H3,(H,24,27). The normalized spacial score (nSPS) is 15.3. The molecule has 1 saturated heterocycles. The van der Waals surface area contributed by atoms with E-state index in [9.17, 15) is 4.79 Å². The number of hydrogen-bond acceptors (Lipinski definition) is 6. The van der Waals surface area contributed by atoms with E-state index < -0.39 is 0 Å². The molecular formula is C21H29N5O2. The molecule has 2 heterocycles. The molecule has 3 rings (SSSR count). The van der Waals surface area contributed by atoms with E-state index in [1.54, 1.807) is 7.11 Å². The van der Waals surface area contributed by atoms with E-state index >= 15 is 0 Å². The van der Waals surface area contributed by atoms with Crippen LogP contribution in [0.3, 0.4) is 0 Å². The summed E-state index contributed by atoms with van der Waals surface area (Å²) in [5.41, 5.74) is 2.72. The number of anilines is 2. The van der Waals surface area contributed by atoms with Crippen molar-refractivity contribution in [1.82, 2.24) is 14.9 Å². The number of ether oxygens (including phenoxy) is 1. The number of aryl methyl sites for hydroxylation is 1. The van der Waals surface area contributed by atoms with Crippen molar-refractivity contribution in [3.63, 3.8) is 0 Å². The number of rotatable bonds is 6. The SMILES string of the molecule is COc1ccccc1NC(=O)C1CCN(Cc2cc(C)nc(N(C)C)n2)CC1. The molecule has 0 bridgehead atoms. The lowest BCUT2D eigenvalue weighted by Gasteiger charge is -2.31. The van der Waals surface area contributed by atoms with Crippen LogP contribution in [0.5, 0.6) is 5.75 Å². The Balaban J connectivity index is 1.55. The smallest absolute Gasteiger partial charge is 0.227 e. The summed E-state index contributed by atoms with van der Waals surface area (Å²) in [5, 5.41) is 3.01. The Hall–Kier alpha value is -2.67. The van der Waals surface area contributed by atoms with Gasteiger partial charge in [0.05, 0.1) is 18.5 Å². The van der Waals surface area contributed by atoms with Crippen molar-refractivity contribution in [2.75, 3.05) is 44.5 Å². The lowest BCUT2D eigenvalue weighted by atomic mass is 9.95. The number of hydrogen-bond donors (Lipinski definition) is 1. The molecule has 2 aromatic rings. The summed E-state index contributed by atoms with van der Waals surface area (Å²) in [4.78, 5) is 26.0. The third-order valence-electron chi connectivity index (χ3n) is 5.00. The highest BCUT2D eigenvalue weighted by atomic mass is 16.5. The minimum Gasteiger partial charge on any atom is -0.495 e. The topological polar surface area (TPSA) is 70.6 Å². The van der Waals surface area contributed by atoms with Gasteiger partial charge in [0.1, 0.15) is 5.75 Å². The molecule has 7 nitrogen and oxygen atoms in total. The van der Waals surface area contributed by atoms with Crippen LogP contribution >= 0.6 is 0 Å². The zero-order valence-corrected chi connectivity index (χ0v) is 17.1. The van der Waals surface area contributed by atoms with Crippen molar-refractivity contribution in [2.45, 2.75) is 26.3 Å². The molecule has 0 aliphatic carbocycles. The molecule has 1 aromatic carbocycles. The van der Waals surface area contributed by atoms with Gasteiger partial charge in [-0.2, -0.15) is 0 Å². The Labute approximate surface area is 166 Å². The quantitative estimate of drug-likeness (QED) is 0.827. The zero-order chi connectivity index (χ0) is 20.1. The second kappa shape index (κ2) is 9.01. The van der Waals surface area contributed by atoms with Crippen LogP contribution in [0.15, 0.2) is 30.3 Å². The van der Waals surface area contributed by atoms with Crippen molar-refractivity contribution in [3.8, 4) is 5.75 Å². The molecule has 1 aromatic heterocycles. The minimum atomic E-state index is 0.0191. The Morgan fingerprint density at radius 2 is 1.96 bits per heavy atom. The van der Waals surface area contributed by atoms with E-state index in [2.05, 4.69) is 20.2 Å². The van der Waals surface area contributed by atoms with E-state index in [0.717, 1.165) is 55.5 Å². The van der Waals surface area contributed by atoms with Gasteiger partial charge in [0.15, 0.2) is 0 Å². The number of nitrogens with one attached hydrogen (secondary N) is 1. The van der Waals surface area contributed by atoms with Crippen LogP contribution in [0.1, 0.15) is 24.2 Å². The van der Waals surface area contributed by atoms with E-state index in [1.807, 2.05) is 56.3 Å². The van der Waals surface area contributed by atoms with Crippen LogP contribution in [0.2, 0.25) is 0 Å². The predicted octanol–water partition coefficient (Wildman–Crippen LogP) is 2.71. The number of para-hydroxylation sites is 2. The third-order valence-corrected chi connectivity index (χ3v) is 5.00. The van der Waals surface area contributed by atoms with Gasteiger partial charge >= 0.3 is 0 Å². The molecular weight excluding hydrogens is 354 g/mol. The number of aromatic nitrogens is 2. The largest absolute Gasteiger partial charge is 0.495 e. The summed E-state index contributed by atoms with van der Waals surface area (Å²) in [6.45, 7) is 4.53. The highest BCUT2D eigenvalue weighted by Gasteiger charge is 2.26. The van der Waals surface area contributed by atoms with Gasteiger partial charge in [-0.3, -0.25) is 9.69 Å². The number of likely N-dealkylation sites (tertiary alicyclic amines) is 1. The summed E-state index contributed by atoms with van der Waals surface area (Å²) in [5.74, 6) is 1.51. The first kappa shape index (κ1) is 20.1. The van der Waals surface area contributed by atoms with Gasteiger partial charge in [-0.1, -0.05) is 12.1 Å². The second-order valence-electron chi connectivity index (χ2n) is 7.44. The number of carbonyl (C=O) groups excluding carboxylic acids is 1. The summed E-state index contributed by atoms with van der Waals surface area (Å²) < 4.78 is 5.31. The average molecular weight is 383 g/mol. The van der Waals surface area contributed by atoms with Gasteiger partial charge in [0.25, 0.3) is 0 Å². The van der Waals surface area contributed by atoms with E-state index in [1.165, 1.54) is 0 Å². The predicted molar refractivity (Wildman–Crippen MR) is 111 cm³/mol. The molecule has 7 heteroatoms. The molecule has 0 radical (unpaired) electrons. The van der Waals surface area contributed by atoms with Crippen LogP contribution in [0.4, 0.5) is 11.6 Å². The van der Waals surface area contributed by atoms with Gasteiger partial charge < -0.3 is 15.0 Å². The number of nitrogens with zero attached hydrogens (tertiary/aromatic N) is 4. The lowest BCUT2D eigenvalue weighted by Crippen LogP contribution is -2.38.